The van der Waals surface area contributed by atoms with Crippen molar-refractivity contribution in [3.05, 3.63) is 71.8 Å². The Kier molecular flexibility index (Phi) is 11.5. The van der Waals surface area contributed by atoms with Gasteiger partial charge in [0.05, 0.1) is 6.04 Å². The van der Waals surface area contributed by atoms with Crippen molar-refractivity contribution in [1.82, 2.24) is 20.9 Å². The molecule has 10 heteroatoms. The minimum absolute atomic E-state index is 0.0444. The molecule has 2 aromatic carbocycles. The highest BCUT2D eigenvalue weighted by molar-refractivity contribution is 5.91. The van der Waals surface area contributed by atoms with Gasteiger partial charge in [-0.3, -0.25) is 14.4 Å². The molecular weight excluding hydrogens is 536 g/mol. The van der Waals surface area contributed by atoms with E-state index >= 15 is 0 Å². The van der Waals surface area contributed by atoms with Gasteiger partial charge in [-0.25, -0.2) is 4.79 Å². The van der Waals surface area contributed by atoms with Gasteiger partial charge in [0.1, 0.15) is 18.7 Å². The first-order chi connectivity index (χ1) is 19.9. The van der Waals surface area contributed by atoms with Crippen LogP contribution in [0.25, 0.3) is 0 Å². The number of nitrogens with zero attached hydrogens (tertiary/aromatic N) is 1. The number of amides is 4. The fourth-order valence-corrected chi connectivity index (χ4v) is 4.91. The van der Waals surface area contributed by atoms with E-state index in [2.05, 4.69) is 16.0 Å². The quantitative estimate of drug-likeness (QED) is 0.323. The number of hydrogen-bond acceptors (Lipinski definition) is 6. The predicted molar refractivity (Wildman–Crippen MR) is 159 cm³/mol. The summed E-state index contributed by atoms with van der Waals surface area (Å²) in [4.78, 5) is 54.0. The number of carbonyl (C=O) groups is 4. The van der Waals surface area contributed by atoms with Gasteiger partial charge in [-0.2, -0.15) is 0 Å². The van der Waals surface area contributed by atoms with Gasteiger partial charge in [-0.05, 0) is 57.1 Å². The molecule has 2 aromatic rings. The summed E-state index contributed by atoms with van der Waals surface area (Å²) in [7, 11) is 0. The Morgan fingerprint density at radius 3 is 2.12 bits per heavy atom. The second-order valence-electron chi connectivity index (χ2n) is 12.1. The van der Waals surface area contributed by atoms with E-state index in [1.807, 2.05) is 81.4 Å². The van der Waals surface area contributed by atoms with Gasteiger partial charge in [0.15, 0.2) is 6.10 Å². The summed E-state index contributed by atoms with van der Waals surface area (Å²) in [6.45, 7) is 9.52. The van der Waals surface area contributed by atoms with Crippen LogP contribution in [0.5, 0.6) is 0 Å². The second-order valence-corrected chi connectivity index (χ2v) is 12.1. The first-order valence-electron chi connectivity index (χ1n) is 14.5. The third-order valence-corrected chi connectivity index (χ3v) is 7.03. The van der Waals surface area contributed by atoms with Crippen molar-refractivity contribution < 1.29 is 29.0 Å². The van der Waals surface area contributed by atoms with E-state index in [-0.39, 0.29) is 24.9 Å². The van der Waals surface area contributed by atoms with E-state index in [0.717, 1.165) is 11.1 Å². The number of likely N-dealkylation sites (tertiary alicyclic amines) is 1. The molecule has 10 nitrogen and oxygen atoms in total. The lowest BCUT2D eigenvalue weighted by Crippen LogP contribution is -2.59. The SMILES string of the molecule is CC(C)C(NC(=O)OCc1ccccc1)C(=O)N[C@@H](Cc1ccccc1)[C@H](O)C(=O)N1CCCC1C(=O)NC(C)(C)C. The van der Waals surface area contributed by atoms with E-state index in [0.29, 0.717) is 19.4 Å². The van der Waals surface area contributed by atoms with Crippen LogP contribution in [0.15, 0.2) is 60.7 Å². The molecule has 0 aliphatic carbocycles. The normalized spacial score (nSPS) is 17.2. The molecule has 0 bridgehead atoms. The lowest BCUT2D eigenvalue weighted by atomic mass is 9.97. The van der Waals surface area contributed by atoms with Crippen LogP contribution in [-0.2, 0) is 32.1 Å². The highest BCUT2D eigenvalue weighted by Gasteiger charge is 2.41. The molecule has 4 atom stereocenters. The largest absolute Gasteiger partial charge is 0.445 e. The zero-order valence-corrected chi connectivity index (χ0v) is 25.1. The molecule has 0 radical (unpaired) electrons. The van der Waals surface area contributed by atoms with E-state index in [1.165, 1.54) is 4.90 Å². The van der Waals surface area contributed by atoms with Gasteiger partial charge in [-0.1, -0.05) is 74.5 Å². The molecule has 228 valence electrons. The molecule has 4 amide bonds. The lowest BCUT2D eigenvalue weighted by molar-refractivity contribution is -0.147. The zero-order chi connectivity index (χ0) is 30.9. The topological polar surface area (TPSA) is 137 Å². The average Bonchev–Trinajstić information content (AvgIpc) is 3.44. The summed E-state index contributed by atoms with van der Waals surface area (Å²) < 4.78 is 5.30. The first kappa shape index (κ1) is 32.6. The monoisotopic (exact) mass is 580 g/mol. The van der Waals surface area contributed by atoms with Crippen LogP contribution < -0.4 is 16.0 Å². The molecule has 0 spiro atoms. The molecule has 0 aromatic heterocycles. The number of carbonyl (C=O) groups excluding carboxylic acids is 4. The maximum atomic E-state index is 13.6. The first-order valence-corrected chi connectivity index (χ1v) is 14.5. The van der Waals surface area contributed by atoms with Crippen molar-refractivity contribution in [3.63, 3.8) is 0 Å². The maximum Gasteiger partial charge on any atom is 0.408 e. The molecule has 2 unspecified atom stereocenters. The Morgan fingerprint density at radius 2 is 1.55 bits per heavy atom. The van der Waals surface area contributed by atoms with Gasteiger partial charge in [-0.15, -0.1) is 0 Å². The number of ether oxygens (including phenoxy) is 1. The molecule has 0 saturated carbocycles. The van der Waals surface area contributed by atoms with Crippen molar-refractivity contribution >= 4 is 23.8 Å². The Balaban J connectivity index is 1.74. The summed E-state index contributed by atoms with van der Waals surface area (Å²) in [5.41, 5.74) is 1.13. The molecule has 42 heavy (non-hydrogen) atoms. The summed E-state index contributed by atoms with van der Waals surface area (Å²) in [6, 6.07) is 15.7. The van der Waals surface area contributed by atoms with Crippen molar-refractivity contribution in [1.29, 1.82) is 0 Å². The third kappa shape index (κ3) is 9.58. The number of benzene rings is 2. The Morgan fingerprint density at radius 1 is 0.952 bits per heavy atom. The number of aliphatic hydroxyl groups is 1. The molecule has 1 saturated heterocycles. The van der Waals surface area contributed by atoms with E-state index in [4.69, 9.17) is 4.74 Å². The summed E-state index contributed by atoms with van der Waals surface area (Å²) in [5.74, 6) is -1.78. The fraction of sp³-hybridized carbons (Fsp3) is 0.500. The van der Waals surface area contributed by atoms with Gasteiger partial charge >= 0.3 is 6.09 Å². The maximum absolute atomic E-state index is 13.6. The molecule has 1 fully saturated rings. The standard InChI is InChI=1S/C32H44N4O6/c1-21(2)26(34-31(41)42-20-23-15-10-7-11-16-23)29(39)33-24(19-22-13-8-6-9-14-22)27(37)30(40)36-18-12-17-25(36)28(38)35-32(3,4)5/h6-11,13-16,21,24-27,37H,12,17-20H2,1-5H3,(H,33,39)(H,34,41)(H,35,38)/t24-,25?,26?,27-/m0/s1. The van der Waals surface area contributed by atoms with Crippen LogP contribution in [0.4, 0.5) is 4.79 Å². The van der Waals surface area contributed by atoms with Crippen LogP contribution in [0.1, 0.15) is 58.6 Å². The van der Waals surface area contributed by atoms with Crippen LogP contribution in [0, 0.1) is 5.92 Å². The molecule has 1 aliphatic heterocycles. The van der Waals surface area contributed by atoms with Crippen LogP contribution in [-0.4, -0.2) is 70.1 Å². The summed E-state index contributed by atoms with van der Waals surface area (Å²) in [5, 5.41) is 19.7. The number of alkyl carbamates (subject to hydrolysis) is 1. The third-order valence-electron chi connectivity index (χ3n) is 7.03. The smallest absolute Gasteiger partial charge is 0.408 e. The van der Waals surface area contributed by atoms with E-state index < -0.39 is 47.7 Å². The summed E-state index contributed by atoms with van der Waals surface area (Å²) in [6.07, 6.45) is -1.10. The van der Waals surface area contributed by atoms with Crippen LogP contribution in [0.2, 0.25) is 0 Å². The van der Waals surface area contributed by atoms with Crippen LogP contribution >= 0.6 is 0 Å². The Labute approximate surface area is 248 Å². The van der Waals surface area contributed by atoms with Crippen LogP contribution in [0.3, 0.4) is 0 Å². The fourth-order valence-electron chi connectivity index (χ4n) is 4.91. The zero-order valence-electron chi connectivity index (χ0n) is 25.1. The molecule has 1 aliphatic rings. The average molecular weight is 581 g/mol. The minimum Gasteiger partial charge on any atom is -0.445 e. The van der Waals surface area contributed by atoms with Gasteiger partial charge in [0.25, 0.3) is 5.91 Å². The van der Waals surface area contributed by atoms with Crippen molar-refractivity contribution in [2.75, 3.05) is 6.54 Å². The van der Waals surface area contributed by atoms with Crippen molar-refractivity contribution in [2.24, 2.45) is 5.92 Å². The molecule has 4 N–H and O–H groups in total. The van der Waals surface area contributed by atoms with Crippen molar-refractivity contribution in [2.45, 2.75) is 90.3 Å². The Bertz CT molecular complexity index is 1200. The van der Waals surface area contributed by atoms with E-state index in [9.17, 15) is 24.3 Å². The van der Waals surface area contributed by atoms with Gasteiger partial charge in [0, 0.05) is 12.1 Å². The number of rotatable bonds is 11. The highest BCUT2D eigenvalue weighted by Crippen LogP contribution is 2.21. The number of aliphatic hydroxyl groups excluding tert-OH is 1. The lowest BCUT2D eigenvalue weighted by Gasteiger charge is -2.32. The number of hydrogen-bond donors (Lipinski definition) is 4. The van der Waals surface area contributed by atoms with Gasteiger partial charge < -0.3 is 30.7 Å². The van der Waals surface area contributed by atoms with Gasteiger partial charge in [0.2, 0.25) is 11.8 Å². The number of nitrogens with one attached hydrogen (secondary N) is 3. The predicted octanol–water partition coefficient (Wildman–Crippen LogP) is 2.93. The minimum atomic E-state index is -1.62. The van der Waals surface area contributed by atoms with E-state index in [1.54, 1.807) is 13.8 Å². The molecular formula is C32H44N4O6. The van der Waals surface area contributed by atoms with Crippen molar-refractivity contribution in [3.8, 4) is 0 Å². The molecule has 1 heterocycles. The molecule has 3 rings (SSSR count). The Hall–Kier alpha value is -3.92. The summed E-state index contributed by atoms with van der Waals surface area (Å²) >= 11 is 0. The highest BCUT2D eigenvalue weighted by atomic mass is 16.5. The second kappa shape index (κ2) is 14.8.